The zero-order chi connectivity index (χ0) is 24.2. The van der Waals surface area contributed by atoms with E-state index in [-0.39, 0.29) is 47.0 Å². The first-order chi connectivity index (χ1) is 16.3. The summed E-state index contributed by atoms with van der Waals surface area (Å²) in [6, 6.07) is 13.6. The average Bonchev–Trinajstić information content (AvgIpc) is 3.39. The van der Waals surface area contributed by atoms with Crippen molar-refractivity contribution in [1.29, 1.82) is 0 Å². The molecule has 2 aromatic carbocycles. The van der Waals surface area contributed by atoms with Crippen molar-refractivity contribution in [2.24, 2.45) is 0 Å². The summed E-state index contributed by atoms with van der Waals surface area (Å²) in [5, 5.41) is 18.2. The lowest BCUT2D eigenvalue weighted by molar-refractivity contribution is -0.386. The van der Waals surface area contributed by atoms with E-state index in [1.165, 1.54) is 47.3 Å². The van der Waals surface area contributed by atoms with Crippen molar-refractivity contribution in [2.45, 2.75) is 20.1 Å². The molecule has 4 rings (SSSR count). The molecule has 2 heterocycles. The highest BCUT2D eigenvalue weighted by atomic mass is 35.5. The molecule has 0 spiro atoms. The number of carbonyl (C=O) groups excluding carboxylic acids is 1. The Hall–Kier alpha value is -4.18. The van der Waals surface area contributed by atoms with Crippen LogP contribution in [-0.4, -0.2) is 20.6 Å². The Kier molecular flexibility index (Phi) is 6.60. The molecule has 9 nitrogen and oxygen atoms in total. The Morgan fingerprint density at radius 2 is 2.09 bits per heavy atom. The van der Waals surface area contributed by atoms with Crippen LogP contribution in [0.5, 0.6) is 5.75 Å². The van der Waals surface area contributed by atoms with Crippen molar-refractivity contribution in [3.8, 4) is 5.75 Å². The molecule has 0 aliphatic carbocycles. The van der Waals surface area contributed by atoms with Crippen LogP contribution in [0.4, 0.5) is 15.9 Å². The van der Waals surface area contributed by atoms with Crippen LogP contribution < -0.4 is 10.1 Å². The topological polar surface area (TPSA) is 112 Å². The first kappa shape index (κ1) is 23.0. The maximum atomic E-state index is 13.4. The summed E-state index contributed by atoms with van der Waals surface area (Å²) in [6.45, 7) is 1.89. The SMILES string of the molecule is Cc1ccc(OCc2ccc(C(=O)Nc3nn(Cc4cccc(F)c4)cc3Cl)o2)c([N+](=O)[O-])c1. The third-order valence-electron chi connectivity index (χ3n) is 4.75. The van der Waals surface area contributed by atoms with E-state index in [1.807, 2.05) is 0 Å². The number of amides is 1. The highest BCUT2D eigenvalue weighted by molar-refractivity contribution is 6.33. The number of nitro benzene ring substituents is 1. The third-order valence-corrected chi connectivity index (χ3v) is 5.03. The normalized spacial score (nSPS) is 10.8. The lowest BCUT2D eigenvalue weighted by Gasteiger charge is -2.06. The highest BCUT2D eigenvalue weighted by Crippen LogP contribution is 2.29. The van der Waals surface area contributed by atoms with Crippen LogP contribution in [-0.2, 0) is 13.2 Å². The van der Waals surface area contributed by atoms with Crippen molar-refractivity contribution >= 4 is 29.0 Å². The number of aromatic nitrogens is 2. The fourth-order valence-corrected chi connectivity index (χ4v) is 3.37. The summed E-state index contributed by atoms with van der Waals surface area (Å²) in [7, 11) is 0. The summed E-state index contributed by atoms with van der Waals surface area (Å²) in [4.78, 5) is 23.2. The van der Waals surface area contributed by atoms with Gasteiger partial charge in [0.2, 0.25) is 0 Å². The minimum absolute atomic E-state index is 0.0206. The lowest BCUT2D eigenvalue weighted by Crippen LogP contribution is -2.12. The number of nitrogens with zero attached hydrogens (tertiary/aromatic N) is 3. The number of hydrogen-bond acceptors (Lipinski definition) is 6. The smallest absolute Gasteiger partial charge is 0.311 e. The second-order valence-corrected chi connectivity index (χ2v) is 7.80. The minimum atomic E-state index is -0.592. The molecule has 174 valence electrons. The highest BCUT2D eigenvalue weighted by Gasteiger charge is 2.18. The minimum Gasteiger partial charge on any atom is -0.479 e. The van der Waals surface area contributed by atoms with Crippen LogP contribution in [0.3, 0.4) is 0 Å². The summed E-state index contributed by atoms with van der Waals surface area (Å²) in [5.74, 6) is -0.471. The molecule has 4 aromatic rings. The van der Waals surface area contributed by atoms with Gasteiger partial charge in [0.1, 0.15) is 23.2 Å². The number of nitro groups is 1. The van der Waals surface area contributed by atoms with E-state index in [0.717, 1.165) is 5.56 Å². The van der Waals surface area contributed by atoms with Gasteiger partial charge in [0.05, 0.1) is 11.5 Å². The van der Waals surface area contributed by atoms with E-state index in [0.29, 0.717) is 11.3 Å². The number of anilines is 1. The Labute approximate surface area is 197 Å². The number of ether oxygens (including phenoxy) is 1. The molecule has 1 amide bonds. The second kappa shape index (κ2) is 9.75. The van der Waals surface area contributed by atoms with Crippen LogP contribution in [0.2, 0.25) is 5.02 Å². The van der Waals surface area contributed by atoms with E-state index < -0.39 is 10.8 Å². The number of furan rings is 1. The number of benzene rings is 2. The largest absolute Gasteiger partial charge is 0.479 e. The number of nitrogens with one attached hydrogen (secondary N) is 1. The molecule has 1 N–H and O–H groups in total. The molecule has 0 aliphatic rings. The van der Waals surface area contributed by atoms with E-state index in [4.69, 9.17) is 20.8 Å². The van der Waals surface area contributed by atoms with E-state index >= 15 is 0 Å². The van der Waals surface area contributed by atoms with Gasteiger partial charge >= 0.3 is 5.69 Å². The van der Waals surface area contributed by atoms with Crippen LogP contribution in [0.25, 0.3) is 0 Å². The fraction of sp³-hybridized carbons (Fsp3) is 0.130. The molecular formula is C23H18ClFN4O5. The van der Waals surface area contributed by atoms with E-state index in [2.05, 4.69) is 10.4 Å². The number of aryl methyl sites for hydroxylation is 1. The monoisotopic (exact) mass is 484 g/mol. The first-order valence-electron chi connectivity index (χ1n) is 10.0. The second-order valence-electron chi connectivity index (χ2n) is 7.39. The molecular weight excluding hydrogens is 467 g/mol. The predicted molar refractivity (Wildman–Crippen MR) is 122 cm³/mol. The number of hydrogen-bond donors (Lipinski definition) is 1. The number of halogens is 2. The molecule has 34 heavy (non-hydrogen) atoms. The molecule has 0 fully saturated rings. The molecule has 0 unspecified atom stereocenters. The van der Waals surface area contributed by atoms with Crippen LogP contribution in [0.1, 0.15) is 27.4 Å². The van der Waals surface area contributed by atoms with Crippen molar-refractivity contribution < 1.29 is 23.3 Å². The molecule has 0 atom stereocenters. The van der Waals surface area contributed by atoms with Crippen molar-refractivity contribution in [3.05, 3.63) is 104 Å². The van der Waals surface area contributed by atoms with Gasteiger partial charge < -0.3 is 14.5 Å². The van der Waals surface area contributed by atoms with Gasteiger partial charge in [-0.15, -0.1) is 0 Å². The molecule has 0 saturated heterocycles. The van der Waals surface area contributed by atoms with Gasteiger partial charge in [0, 0.05) is 12.3 Å². The number of rotatable bonds is 8. The predicted octanol–water partition coefficient (Wildman–Crippen LogP) is 5.36. The van der Waals surface area contributed by atoms with Crippen molar-refractivity contribution in [1.82, 2.24) is 9.78 Å². The van der Waals surface area contributed by atoms with E-state index in [1.54, 1.807) is 25.1 Å². The standard InChI is InChI=1S/C23H18ClFN4O5/c1-14-5-7-20(19(9-14)29(31)32)33-13-17-6-8-21(34-17)23(30)26-22-18(24)12-28(27-22)11-15-3-2-4-16(25)10-15/h2-10,12H,11,13H2,1H3,(H,26,27,30). The molecule has 0 radical (unpaired) electrons. The van der Waals surface area contributed by atoms with Crippen molar-refractivity contribution in [3.63, 3.8) is 0 Å². The summed E-state index contributed by atoms with van der Waals surface area (Å²) < 4.78 is 25.9. The molecule has 2 aromatic heterocycles. The van der Waals surface area contributed by atoms with Crippen LogP contribution in [0.15, 0.2) is 65.2 Å². The zero-order valence-corrected chi connectivity index (χ0v) is 18.6. The van der Waals surface area contributed by atoms with E-state index in [9.17, 15) is 19.3 Å². The molecule has 11 heteroatoms. The fourth-order valence-electron chi connectivity index (χ4n) is 3.17. The molecule has 0 saturated carbocycles. The number of carbonyl (C=O) groups is 1. The molecule has 0 aliphatic heterocycles. The van der Waals surface area contributed by atoms with Crippen molar-refractivity contribution in [2.75, 3.05) is 5.32 Å². The van der Waals surface area contributed by atoms with Gasteiger partial charge in [-0.25, -0.2) is 4.39 Å². The Morgan fingerprint density at radius 3 is 2.85 bits per heavy atom. The maximum Gasteiger partial charge on any atom is 0.311 e. The Morgan fingerprint density at radius 1 is 1.26 bits per heavy atom. The van der Waals surface area contributed by atoms with Gasteiger partial charge in [-0.3, -0.25) is 19.6 Å². The summed E-state index contributed by atoms with van der Waals surface area (Å²) in [6.07, 6.45) is 1.51. The average molecular weight is 485 g/mol. The van der Waals surface area contributed by atoms with Gasteiger partial charge in [0.25, 0.3) is 5.91 Å². The summed E-state index contributed by atoms with van der Waals surface area (Å²) >= 11 is 6.17. The summed E-state index contributed by atoms with van der Waals surface area (Å²) in [5.41, 5.74) is 1.25. The lowest BCUT2D eigenvalue weighted by atomic mass is 10.2. The van der Waals surface area contributed by atoms with Crippen LogP contribution >= 0.6 is 11.6 Å². The maximum absolute atomic E-state index is 13.4. The van der Waals surface area contributed by atoms with Gasteiger partial charge in [0.15, 0.2) is 17.3 Å². The molecule has 0 bridgehead atoms. The third kappa shape index (κ3) is 5.41. The zero-order valence-electron chi connectivity index (χ0n) is 17.8. The Bertz CT molecular complexity index is 1370. The van der Waals surface area contributed by atoms with Gasteiger partial charge in [-0.05, 0) is 48.4 Å². The quantitative estimate of drug-likeness (QED) is 0.266. The first-order valence-corrected chi connectivity index (χ1v) is 10.4. The van der Waals surface area contributed by atoms with Gasteiger partial charge in [-0.2, -0.15) is 5.10 Å². The van der Waals surface area contributed by atoms with Gasteiger partial charge in [-0.1, -0.05) is 29.8 Å². The van der Waals surface area contributed by atoms with Crippen LogP contribution in [0, 0.1) is 22.9 Å². The Balaban J connectivity index is 1.39.